The number of rotatable bonds is 31. The van der Waals surface area contributed by atoms with Gasteiger partial charge in [-0.2, -0.15) is 0 Å². The van der Waals surface area contributed by atoms with Crippen LogP contribution in [0.25, 0.3) is 0 Å². The van der Waals surface area contributed by atoms with E-state index in [9.17, 15) is 63.0 Å². The smallest absolute Gasteiger partial charge is 0.245 e. The molecule has 0 spiro atoms. The first-order chi connectivity index (χ1) is 40.9. The summed E-state index contributed by atoms with van der Waals surface area (Å²) in [4.78, 5) is 154. The number of carbonyl (C=O) groups is 11. The minimum absolute atomic E-state index is 0.00476. The van der Waals surface area contributed by atoms with Gasteiger partial charge < -0.3 is 96.9 Å². The molecule has 22 N–H and O–H groups in total. The summed E-state index contributed by atoms with van der Waals surface area (Å²) in [6, 6.07) is -6.04. The first-order valence-electron chi connectivity index (χ1n) is 30.1. The van der Waals surface area contributed by atoms with Crippen molar-refractivity contribution in [2.24, 2.45) is 28.9 Å². The van der Waals surface area contributed by atoms with Crippen molar-refractivity contribution < 1.29 is 63.0 Å². The average molecular weight is 1220 g/mol. The molecule has 1 heterocycles. The lowest BCUT2D eigenvalue weighted by Crippen LogP contribution is -2.62. The van der Waals surface area contributed by atoms with Gasteiger partial charge in [-0.3, -0.25) is 52.7 Å². The quantitative estimate of drug-likeness (QED) is 0.0310. The maximum atomic E-state index is 14.6. The number of benzene rings is 1. The molecule has 86 heavy (non-hydrogen) atoms. The molecule has 0 unspecified atom stereocenters. The van der Waals surface area contributed by atoms with Crippen LogP contribution in [0.1, 0.15) is 130 Å². The molecule has 0 bridgehead atoms. The first kappa shape index (κ1) is 75.2. The molecular formula is C57H100N16O13. The van der Waals surface area contributed by atoms with Crippen molar-refractivity contribution in [3.8, 4) is 0 Å². The van der Waals surface area contributed by atoms with E-state index in [1.807, 2.05) is 0 Å². The Bertz CT molecular complexity index is 2320. The highest BCUT2D eigenvalue weighted by molar-refractivity contribution is 5.99. The van der Waals surface area contributed by atoms with Crippen LogP contribution in [0.3, 0.4) is 0 Å². The normalized spacial score (nSPS) is 22.4. The van der Waals surface area contributed by atoms with E-state index in [-0.39, 0.29) is 90.0 Å². The van der Waals surface area contributed by atoms with Crippen molar-refractivity contribution in [2.45, 2.75) is 204 Å². The number of unbranched alkanes of at least 4 members (excludes halogenated alkanes) is 5. The van der Waals surface area contributed by atoms with E-state index in [0.717, 1.165) is 32.1 Å². The van der Waals surface area contributed by atoms with Crippen LogP contribution in [-0.4, -0.2) is 194 Å². The van der Waals surface area contributed by atoms with Crippen molar-refractivity contribution in [2.75, 3.05) is 46.3 Å². The maximum Gasteiger partial charge on any atom is 0.245 e. The van der Waals surface area contributed by atoms with Gasteiger partial charge >= 0.3 is 0 Å². The lowest BCUT2D eigenvalue weighted by atomic mass is 10.00. The fourth-order valence-corrected chi connectivity index (χ4v) is 9.33. The Morgan fingerprint density at radius 3 is 1.63 bits per heavy atom. The Kier molecular flexibility index (Phi) is 36.1. The highest BCUT2D eigenvalue weighted by Crippen LogP contribution is 2.12. The summed E-state index contributed by atoms with van der Waals surface area (Å²) in [7, 11) is 1.57. The first-order valence-corrected chi connectivity index (χ1v) is 30.1. The lowest BCUT2D eigenvalue weighted by molar-refractivity contribution is -0.137. The van der Waals surface area contributed by atoms with Crippen LogP contribution < -0.4 is 86.7 Å². The van der Waals surface area contributed by atoms with E-state index < -0.39 is 151 Å². The highest BCUT2D eigenvalue weighted by Gasteiger charge is 2.37. The van der Waals surface area contributed by atoms with Crippen LogP contribution in [0.5, 0.6) is 0 Å². The fraction of sp³-hybridized carbons (Fsp3) is 0.702. The highest BCUT2D eigenvalue weighted by atomic mass is 16.3. The monoisotopic (exact) mass is 1220 g/mol. The van der Waals surface area contributed by atoms with Gasteiger partial charge in [0.1, 0.15) is 60.4 Å². The van der Waals surface area contributed by atoms with E-state index >= 15 is 0 Å². The van der Waals surface area contributed by atoms with Gasteiger partial charge in [0.2, 0.25) is 65.0 Å². The molecule has 12 atom stereocenters. The Morgan fingerprint density at radius 2 is 1.09 bits per heavy atom. The van der Waals surface area contributed by atoms with Gasteiger partial charge in [-0.05, 0) is 116 Å². The van der Waals surface area contributed by atoms with Gasteiger partial charge in [0.25, 0.3) is 0 Å². The van der Waals surface area contributed by atoms with Crippen LogP contribution in [0.4, 0.5) is 0 Å². The molecule has 1 saturated heterocycles. The number of hydrogen-bond acceptors (Lipinski definition) is 18. The molecule has 1 aromatic rings. The molecular weight excluding hydrogens is 1120 g/mol. The molecule has 29 heteroatoms. The summed E-state index contributed by atoms with van der Waals surface area (Å²) in [5.74, 6) is -9.76. The average Bonchev–Trinajstić information content (AvgIpc) is 3.33. The molecule has 0 aromatic heterocycles. The second-order valence-corrected chi connectivity index (χ2v) is 22.1. The third-order valence-corrected chi connectivity index (χ3v) is 14.2. The van der Waals surface area contributed by atoms with Gasteiger partial charge in [0.05, 0.1) is 12.2 Å². The molecule has 1 fully saturated rings. The number of aliphatic hydroxyl groups is 2. The minimum atomic E-state index is -1.68. The van der Waals surface area contributed by atoms with Crippen molar-refractivity contribution in [3.63, 3.8) is 0 Å². The largest absolute Gasteiger partial charge is 0.391 e. The second-order valence-electron chi connectivity index (χ2n) is 22.1. The van der Waals surface area contributed by atoms with E-state index in [4.69, 9.17) is 22.9 Å². The van der Waals surface area contributed by atoms with Gasteiger partial charge in [0, 0.05) is 19.4 Å². The Hall–Kier alpha value is -6.89. The van der Waals surface area contributed by atoms with Gasteiger partial charge in [-0.25, -0.2) is 0 Å². The molecule has 2 rings (SSSR count). The van der Waals surface area contributed by atoms with Crippen molar-refractivity contribution >= 4 is 65.0 Å². The lowest BCUT2D eigenvalue weighted by Gasteiger charge is -2.29. The molecule has 486 valence electrons. The summed E-state index contributed by atoms with van der Waals surface area (Å²) in [6.07, 6.45) is 1.45. The number of nitrogens with one attached hydrogen (secondary N) is 12. The third-order valence-electron chi connectivity index (χ3n) is 14.2. The molecule has 0 radical (unpaired) electrons. The molecule has 29 nitrogen and oxygen atoms in total. The van der Waals surface area contributed by atoms with Gasteiger partial charge in [0.15, 0.2) is 0 Å². The van der Waals surface area contributed by atoms with Crippen LogP contribution in [0.2, 0.25) is 0 Å². The third kappa shape index (κ3) is 27.6. The number of hydrogen-bond donors (Lipinski definition) is 18. The van der Waals surface area contributed by atoms with E-state index in [0.29, 0.717) is 12.0 Å². The minimum Gasteiger partial charge on any atom is -0.391 e. The molecule has 0 aliphatic carbocycles. The fourth-order valence-electron chi connectivity index (χ4n) is 9.33. The zero-order valence-corrected chi connectivity index (χ0v) is 50.9. The van der Waals surface area contributed by atoms with Crippen LogP contribution in [-0.2, 0) is 59.2 Å². The standard InChI is InChI=1S/C57H100N16O13/c1-7-8-9-10-11-15-18-45(76)64-37(19-25-58)52(81)73-47(35(5)75)57(86)69-41(23-29-62-6)50(79)68-42-24-30-63-56(85)46(34(4)74)72-53(82)40(22-28-61)66-48(77)38(20-26-59)67-54(83)43(31-33(2)3)70-55(84)44(32-36-16-13-12-14-17-36)71-49(78)39(21-27-60)65-51(42)80/h12-14,16-17,33-35,37-44,46-47,62,74-75H,7-11,15,18-32,58-61H2,1-6H3,(H,63,85)(H,64,76)(H,65,80)(H,66,77)(H,67,83)(H,68,79)(H,69,86)(H,70,84)(H,71,78)(H,72,82)(H,73,81)/t34-,35-,37+,38+,39+,40+,41+,42+,43+,44-,46+,47+/m1/s1. The number of aliphatic hydroxyl groups excluding tert-OH is 2. The number of amides is 11. The summed E-state index contributed by atoms with van der Waals surface area (Å²) in [5.41, 5.74) is 24.1. The van der Waals surface area contributed by atoms with E-state index in [1.54, 1.807) is 51.2 Å². The van der Waals surface area contributed by atoms with Crippen molar-refractivity contribution in [1.29, 1.82) is 0 Å². The SMILES string of the molecule is CCCCCCCCC(=O)N[C@@H](CCN)C(=O)N[C@H](C(=O)N[C@@H](CCNC)C(=O)N[C@H]1CCNC(=O)[C@H]([C@@H](C)O)NC(=O)[C@H](CCN)NC(=O)[C@H](CCN)NC(=O)[C@H](CC(C)C)NC(=O)[C@@H](Cc2ccccc2)NC(=O)[C@H](CCN)NC1=O)[C@@H](C)O. The van der Waals surface area contributed by atoms with Crippen molar-refractivity contribution in [1.82, 2.24) is 63.8 Å². The predicted molar refractivity (Wildman–Crippen MR) is 321 cm³/mol. The zero-order chi connectivity index (χ0) is 64.3. The van der Waals surface area contributed by atoms with Gasteiger partial charge in [-0.1, -0.05) is 83.2 Å². The molecule has 1 aliphatic rings. The van der Waals surface area contributed by atoms with Crippen LogP contribution >= 0.6 is 0 Å². The van der Waals surface area contributed by atoms with Crippen LogP contribution in [0, 0.1) is 5.92 Å². The molecule has 11 amide bonds. The summed E-state index contributed by atoms with van der Waals surface area (Å²) < 4.78 is 0. The predicted octanol–water partition coefficient (Wildman–Crippen LogP) is -4.84. The summed E-state index contributed by atoms with van der Waals surface area (Å²) >= 11 is 0. The summed E-state index contributed by atoms with van der Waals surface area (Å²) in [6.45, 7) is 7.30. The topological polar surface area (TPSA) is 477 Å². The Labute approximate surface area is 504 Å². The molecule has 1 aromatic carbocycles. The maximum absolute atomic E-state index is 14.6. The van der Waals surface area contributed by atoms with E-state index in [1.165, 1.54) is 13.8 Å². The van der Waals surface area contributed by atoms with Gasteiger partial charge in [-0.15, -0.1) is 0 Å². The van der Waals surface area contributed by atoms with E-state index in [2.05, 4.69) is 70.7 Å². The zero-order valence-electron chi connectivity index (χ0n) is 50.9. The second kappa shape index (κ2) is 41.2. The number of nitrogens with two attached hydrogens (primary N) is 4. The van der Waals surface area contributed by atoms with Crippen molar-refractivity contribution in [3.05, 3.63) is 35.9 Å². The Morgan fingerprint density at radius 1 is 0.581 bits per heavy atom. The number of carbonyl (C=O) groups excluding carboxylic acids is 11. The molecule has 1 aliphatic heterocycles. The molecule has 0 saturated carbocycles. The van der Waals surface area contributed by atoms with Crippen LogP contribution in [0.15, 0.2) is 30.3 Å². The summed E-state index contributed by atoms with van der Waals surface area (Å²) in [5, 5.41) is 52.9. The Balaban J connectivity index is 2.69.